The molecule has 0 heterocycles. The van der Waals surface area contributed by atoms with E-state index in [1.807, 2.05) is 32.0 Å². The Morgan fingerprint density at radius 2 is 1.75 bits per heavy atom. The number of hydrogen-bond acceptors (Lipinski definition) is 1. The maximum absolute atomic E-state index is 5.50. The van der Waals surface area contributed by atoms with Gasteiger partial charge in [-0.2, -0.15) is 0 Å². The van der Waals surface area contributed by atoms with Crippen molar-refractivity contribution in [2.75, 3.05) is 6.54 Å². The molecule has 0 aliphatic carbocycles. The summed E-state index contributed by atoms with van der Waals surface area (Å²) in [7, 11) is 0. The Morgan fingerprint density at radius 1 is 1.25 bits per heavy atom. The second-order valence-electron chi connectivity index (χ2n) is 2.55. The lowest BCUT2D eigenvalue weighted by Crippen LogP contribution is -2.08. The molecule has 0 aromatic heterocycles. The number of hydrogen-bond donors (Lipinski definition) is 1. The van der Waals surface area contributed by atoms with E-state index in [0.717, 1.165) is 6.54 Å². The van der Waals surface area contributed by atoms with E-state index < -0.39 is 0 Å². The SMILES string of the molecule is CC.C[C@@H](CN)c1ccccc1.[HH]. The van der Waals surface area contributed by atoms with Crippen LogP contribution in [0, 0.1) is 0 Å². The first-order valence-electron chi connectivity index (χ1n) is 4.59. The normalized spacial score (nSPS) is 11.3. The molecule has 0 amide bonds. The molecule has 12 heavy (non-hydrogen) atoms. The molecule has 1 aromatic carbocycles. The molecule has 0 unspecified atom stereocenters. The fraction of sp³-hybridized carbons (Fsp3) is 0.455. The maximum Gasteiger partial charge on any atom is 0 e. The largest absolute Gasteiger partial charge is 0.330 e. The van der Waals surface area contributed by atoms with Crippen LogP contribution in [0.5, 0.6) is 0 Å². The van der Waals surface area contributed by atoms with Crippen molar-refractivity contribution in [3.63, 3.8) is 0 Å². The minimum Gasteiger partial charge on any atom is -0.330 e. The molecule has 2 N–H and O–H groups in total. The van der Waals surface area contributed by atoms with Gasteiger partial charge in [0.15, 0.2) is 0 Å². The topological polar surface area (TPSA) is 26.0 Å². The van der Waals surface area contributed by atoms with Crippen LogP contribution in [0.25, 0.3) is 0 Å². The Balaban J connectivity index is 0. The predicted octanol–water partition coefficient (Wildman–Crippen LogP) is 3.02. The second kappa shape index (κ2) is 6.86. The Kier molecular flexibility index (Phi) is 6.39. The Labute approximate surface area is 77.1 Å². The van der Waals surface area contributed by atoms with Crippen LogP contribution in [0.1, 0.15) is 33.7 Å². The molecule has 1 atom stereocenters. The van der Waals surface area contributed by atoms with Crippen molar-refractivity contribution in [3.8, 4) is 0 Å². The summed E-state index contributed by atoms with van der Waals surface area (Å²) in [6, 6.07) is 10.3. The monoisotopic (exact) mass is 167 g/mol. The van der Waals surface area contributed by atoms with Crippen molar-refractivity contribution in [3.05, 3.63) is 35.9 Å². The zero-order chi connectivity index (χ0) is 9.40. The lowest BCUT2D eigenvalue weighted by Gasteiger charge is -2.06. The Morgan fingerprint density at radius 3 is 2.17 bits per heavy atom. The average molecular weight is 167 g/mol. The smallest absolute Gasteiger partial charge is 0 e. The summed E-state index contributed by atoms with van der Waals surface area (Å²) in [6.07, 6.45) is 0. The molecule has 0 radical (unpaired) electrons. The van der Waals surface area contributed by atoms with Gasteiger partial charge in [-0.3, -0.25) is 0 Å². The predicted molar refractivity (Wildman–Crippen MR) is 57.4 cm³/mol. The lowest BCUT2D eigenvalue weighted by atomic mass is 10.0. The summed E-state index contributed by atoms with van der Waals surface area (Å²) in [5.41, 5.74) is 6.83. The molecule has 0 saturated carbocycles. The van der Waals surface area contributed by atoms with Gasteiger partial charge in [-0.05, 0) is 18.0 Å². The first kappa shape index (κ1) is 11.2. The number of rotatable bonds is 2. The van der Waals surface area contributed by atoms with Crippen LogP contribution in [0.3, 0.4) is 0 Å². The summed E-state index contributed by atoms with van der Waals surface area (Å²) in [5.74, 6) is 0.487. The van der Waals surface area contributed by atoms with Gasteiger partial charge >= 0.3 is 0 Å². The van der Waals surface area contributed by atoms with Gasteiger partial charge in [0.05, 0.1) is 0 Å². The molecule has 0 fully saturated rings. The molecule has 0 saturated heterocycles. The van der Waals surface area contributed by atoms with Gasteiger partial charge in [0.25, 0.3) is 0 Å². The van der Waals surface area contributed by atoms with E-state index in [1.165, 1.54) is 5.56 Å². The van der Waals surface area contributed by atoms with Crippen LogP contribution in [0.15, 0.2) is 30.3 Å². The molecule has 0 aliphatic rings. The molecule has 1 aromatic rings. The lowest BCUT2D eigenvalue weighted by molar-refractivity contribution is 0.774. The van der Waals surface area contributed by atoms with E-state index >= 15 is 0 Å². The highest BCUT2D eigenvalue weighted by Crippen LogP contribution is 2.11. The number of benzene rings is 1. The maximum atomic E-state index is 5.50. The Bertz CT molecular complexity index is 187. The van der Waals surface area contributed by atoms with E-state index in [-0.39, 0.29) is 1.43 Å². The highest BCUT2D eigenvalue weighted by atomic mass is 14.5. The van der Waals surface area contributed by atoms with Crippen LogP contribution < -0.4 is 5.73 Å². The minimum absolute atomic E-state index is 0. The van der Waals surface area contributed by atoms with Crippen LogP contribution in [-0.4, -0.2) is 6.54 Å². The van der Waals surface area contributed by atoms with E-state index in [4.69, 9.17) is 5.73 Å². The van der Waals surface area contributed by atoms with Crippen LogP contribution >= 0.6 is 0 Å². The molecule has 0 spiro atoms. The minimum atomic E-state index is 0. The van der Waals surface area contributed by atoms with Gasteiger partial charge < -0.3 is 5.73 Å². The fourth-order valence-corrected chi connectivity index (χ4v) is 0.918. The highest BCUT2D eigenvalue weighted by molar-refractivity contribution is 5.18. The summed E-state index contributed by atoms with van der Waals surface area (Å²) in [6.45, 7) is 6.86. The van der Waals surface area contributed by atoms with Crippen molar-refractivity contribution in [2.45, 2.75) is 26.7 Å². The summed E-state index contributed by atoms with van der Waals surface area (Å²) in [4.78, 5) is 0. The van der Waals surface area contributed by atoms with Crippen LogP contribution in [0.4, 0.5) is 0 Å². The van der Waals surface area contributed by atoms with Gasteiger partial charge in [0, 0.05) is 1.43 Å². The molecule has 1 heteroatoms. The van der Waals surface area contributed by atoms with Crippen LogP contribution in [-0.2, 0) is 0 Å². The molecule has 1 rings (SSSR count). The van der Waals surface area contributed by atoms with Crippen molar-refractivity contribution in [2.24, 2.45) is 5.73 Å². The quantitative estimate of drug-likeness (QED) is 0.720. The van der Waals surface area contributed by atoms with Crippen molar-refractivity contribution < 1.29 is 1.43 Å². The van der Waals surface area contributed by atoms with Crippen LogP contribution in [0.2, 0.25) is 0 Å². The molecule has 1 nitrogen and oxygen atoms in total. The second-order valence-corrected chi connectivity index (χ2v) is 2.55. The van der Waals surface area contributed by atoms with E-state index in [0.29, 0.717) is 5.92 Å². The van der Waals surface area contributed by atoms with Crippen molar-refractivity contribution in [1.82, 2.24) is 0 Å². The third-order valence-electron chi connectivity index (χ3n) is 1.72. The molecule has 70 valence electrons. The fourth-order valence-electron chi connectivity index (χ4n) is 0.918. The standard InChI is InChI=1S/C9H13N.C2H6.H2/c1-8(7-10)9-5-3-2-4-6-9;1-2;/h2-6,8H,7,10H2,1H3;1-2H3;1H/t8-;;/m0../s1. The third-order valence-corrected chi connectivity index (χ3v) is 1.72. The molecule has 0 bridgehead atoms. The first-order valence-corrected chi connectivity index (χ1v) is 4.59. The van der Waals surface area contributed by atoms with Crippen molar-refractivity contribution >= 4 is 0 Å². The molecule has 0 aliphatic heterocycles. The zero-order valence-corrected chi connectivity index (χ0v) is 8.25. The van der Waals surface area contributed by atoms with E-state index in [1.54, 1.807) is 0 Å². The van der Waals surface area contributed by atoms with E-state index in [9.17, 15) is 0 Å². The third kappa shape index (κ3) is 3.54. The van der Waals surface area contributed by atoms with Gasteiger partial charge in [-0.15, -0.1) is 0 Å². The van der Waals surface area contributed by atoms with Gasteiger partial charge in [-0.25, -0.2) is 0 Å². The van der Waals surface area contributed by atoms with Gasteiger partial charge in [0.1, 0.15) is 0 Å². The summed E-state index contributed by atoms with van der Waals surface area (Å²) in [5, 5.41) is 0. The molecular formula is C11H21N. The zero-order valence-electron chi connectivity index (χ0n) is 8.25. The van der Waals surface area contributed by atoms with Gasteiger partial charge in [0.2, 0.25) is 0 Å². The van der Waals surface area contributed by atoms with Gasteiger partial charge in [-0.1, -0.05) is 51.1 Å². The number of nitrogens with two attached hydrogens (primary N) is 1. The van der Waals surface area contributed by atoms with Crippen molar-refractivity contribution in [1.29, 1.82) is 0 Å². The average Bonchev–Trinajstić information content (AvgIpc) is 2.21. The first-order chi connectivity index (χ1) is 5.84. The summed E-state index contributed by atoms with van der Waals surface area (Å²) >= 11 is 0. The Hall–Kier alpha value is -0.820. The van der Waals surface area contributed by atoms with E-state index in [2.05, 4.69) is 19.1 Å². The molecular weight excluding hydrogens is 146 g/mol. The summed E-state index contributed by atoms with van der Waals surface area (Å²) < 4.78 is 0. The highest BCUT2D eigenvalue weighted by Gasteiger charge is 1.99.